The van der Waals surface area contributed by atoms with Crippen molar-refractivity contribution in [2.75, 3.05) is 19.0 Å². The number of ether oxygens (including phenoxy) is 1. The third-order valence-electron chi connectivity index (χ3n) is 1.38. The van der Waals surface area contributed by atoms with E-state index in [0.717, 1.165) is 12.2 Å². The van der Waals surface area contributed by atoms with E-state index in [4.69, 9.17) is 16.3 Å². The molecule has 1 rings (SSSR count). The van der Waals surface area contributed by atoms with Crippen LogP contribution in [0.1, 0.15) is 12.6 Å². The van der Waals surface area contributed by atoms with Gasteiger partial charge in [0.1, 0.15) is 5.15 Å². The van der Waals surface area contributed by atoms with E-state index in [2.05, 4.69) is 15.3 Å². The summed E-state index contributed by atoms with van der Waals surface area (Å²) in [6, 6.07) is 1.69. The summed E-state index contributed by atoms with van der Waals surface area (Å²) in [5, 5.41) is 3.41. The average Bonchev–Trinajstić information content (AvgIpc) is 2.04. The van der Waals surface area contributed by atoms with Gasteiger partial charge in [-0.05, 0) is 13.0 Å². The second kappa shape index (κ2) is 4.99. The number of aromatic nitrogens is 2. The van der Waals surface area contributed by atoms with Crippen molar-refractivity contribution in [1.82, 2.24) is 9.97 Å². The first-order valence-corrected chi connectivity index (χ1v) is 4.40. The summed E-state index contributed by atoms with van der Waals surface area (Å²) in [6.45, 7) is 3.19. The van der Waals surface area contributed by atoms with Crippen molar-refractivity contribution < 1.29 is 4.74 Å². The highest BCUT2D eigenvalue weighted by atomic mass is 35.5. The molecular weight excluding hydrogens is 190 g/mol. The molecule has 0 amide bonds. The molecule has 0 bridgehead atoms. The zero-order valence-corrected chi connectivity index (χ0v) is 8.43. The molecule has 0 unspecified atom stereocenters. The van der Waals surface area contributed by atoms with Gasteiger partial charge < -0.3 is 10.1 Å². The lowest BCUT2D eigenvalue weighted by Crippen LogP contribution is -2.04. The van der Waals surface area contributed by atoms with Crippen LogP contribution in [0.2, 0.25) is 5.15 Å². The zero-order valence-electron chi connectivity index (χ0n) is 7.67. The van der Waals surface area contributed by atoms with Crippen LogP contribution in [0.5, 0.6) is 0 Å². The minimum Gasteiger partial charge on any atom is -0.378 e. The van der Waals surface area contributed by atoms with Crippen molar-refractivity contribution in [1.29, 1.82) is 0 Å². The third-order valence-corrected chi connectivity index (χ3v) is 1.57. The summed E-state index contributed by atoms with van der Waals surface area (Å²) in [4.78, 5) is 8.17. The first-order chi connectivity index (χ1) is 6.26. The van der Waals surface area contributed by atoms with E-state index in [1.54, 1.807) is 13.2 Å². The number of hydrogen-bond acceptors (Lipinski definition) is 4. The minimum atomic E-state index is 0.429. The minimum absolute atomic E-state index is 0.429. The maximum atomic E-state index is 5.77. The van der Waals surface area contributed by atoms with E-state index in [-0.39, 0.29) is 0 Å². The summed E-state index contributed by atoms with van der Waals surface area (Å²) < 4.78 is 4.94. The Morgan fingerprint density at radius 1 is 1.54 bits per heavy atom. The normalized spacial score (nSPS) is 10.1. The third kappa shape index (κ3) is 3.16. The smallest absolute Gasteiger partial charge is 0.224 e. The Hall–Kier alpha value is -0.870. The first-order valence-electron chi connectivity index (χ1n) is 4.02. The fourth-order valence-electron chi connectivity index (χ4n) is 0.923. The van der Waals surface area contributed by atoms with Crippen molar-refractivity contribution in [3.05, 3.63) is 16.9 Å². The van der Waals surface area contributed by atoms with E-state index >= 15 is 0 Å². The molecule has 0 fully saturated rings. The van der Waals surface area contributed by atoms with Gasteiger partial charge in [-0.1, -0.05) is 11.6 Å². The Labute approximate surface area is 82.3 Å². The molecule has 0 aliphatic carbocycles. The van der Waals surface area contributed by atoms with Gasteiger partial charge in [0.05, 0.1) is 12.3 Å². The number of nitrogens with one attached hydrogen (secondary N) is 1. The van der Waals surface area contributed by atoms with Gasteiger partial charge in [0.15, 0.2) is 0 Å². The van der Waals surface area contributed by atoms with Crippen LogP contribution in [0.15, 0.2) is 6.07 Å². The van der Waals surface area contributed by atoms with Crippen molar-refractivity contribution in [2.45, 2.75) is 13.5 Å². The molecule has 1 N–H and O–H groups in total. The highest BCUT2D eigenvalue weighted by molar-refractivity contribution is 6.29. The van der Waals surface area contributed by atoms with Gasteiger partial charge in [0.25, 0.3) is 0 Å². The van der Waals surface area contributed by atoms with Crippen LogP contribution in [-0.4, -0.2) is 23.6 Å². The molecule has 0 saturated carbocycles. The van der Waals surface area contributed by atoms with Gasteiger partial charge in [-0.2, -0.15) is 0 Å². The predicted octanol–water partition coefficient (Wildman–Crippen LogP) is 1.71. The summed E-state index contributed by atoms with van der Waals surface area (Å²) >= 11 is 5.77. The van der Waals surface area contributed by atoms with Gasteiger partial charge in [-0.15, -0.1) is 0 Å². The molecule has 0 saturated heterocycles. The molecule has 0 atom stereocenters. The molecule has 13 heavy (non-hydrogen) atoms. The maximum Gasteiger partial charge on any atom is 0.224 e. The quantitative estimate of drug-likeness (QED) is 0.754. The average molecular weight is 202 g/mol. The Morgan fingerprint density at radius 3 is 2.92 bits per heavy atom. The largest absolute Gasteiger partial charge is 0.378 e. The molecule has 72 valence electrons. The summed E-state index contributed by atoms with van der Waals surface area (Å²) in [7, 11) is 1.61. The highest BCUT2D eigenvalue weighted by Crippen LogP contribution is 2.10. The van der Waals surface area contributed by atoms with E-state index in [0.29, 0.717) is 17.7 Å². The summed E-state index contributed by atoms with van der Waals surface area (Å²) in [5.74, 6) is 0.544. The topological polar surface area (TPSA) is 47.0 Å². The zero-order chi connectivity index (χ0) is 9.68. The van der Waals surface area contributed by atoms with Crippen LogP contribution in [0.3, 0.4) is 0 Å². The van der Waals surface area contributed by atoms with Gasteiger partial charge >= 0.3 is 0 Å². The van der Waals surface area contributed by atoms with Crippen molar-refractivity contribution in [2.24, 2.45) is 0 Å². The lowest BCUT2D eigenvalue weighted by atomic mass is 10.4. The standard InChI is InChI=1S/C8H12ClN3O/c1-3-10-8-11-6(5-13-2)4-7(9)12-8/h4H,3,5H2,1-2H3,(H,10,11,12). The number of anilines is 1. The fourth-order valence-corrected chi connectivity index (χ4v) is 1.13. The fraction of sp³-hybridized carbons (Fsp3) is 0.500. The van der Waals surface area contributed by atoms with Crippen LogP contribution in [-0.2, 0) is 11.3 Å². The number of rotatable bonds is 4. The molecule has 1 aromatic rings. The molecular formula is C8H12ClN3O. The van der Waals surface area contributed by atoms with E-state index < -0.39 is 0 Å². The number of methoxy groups -OCH3 is 1. The first kappa shape index (κ1) is 10.2. The number of hydrogen-bond donors (Lipinski definition) is 1. The maximum absolute atomic E-state index is 5.77. The molecule has 1 aromatic heterocycles. The van der Waals surface area contributed by atoms with Crippen LogP contribution in [0.25, 0.3) is 0 Å². The van der Waals surface area contributed by atoms with Crippen LogP contribution < -0.4 is 5.32 Å². The van der Waals surface area contributed by atoms with Crippen LogP contribution >= 0.6 is 11.6 Å². The molecule has 0 aliphatic heterocycles. The van der Waals surface area contributed by atoms with Gasteiger partial charge in [0, 0.05) is 13.7 Å². The second-order valence-corrected chi connectivity index (χ2v) is 2.86. The van der Waals surface area contributed by atoms with Gasteiger partial charge in [0.2, 0.25) is 5.95 Å². The van der Waals surface area contributed by atoms with Crippen LogP contribution in [0, 0.1) is 0 Å². The van der Waals surface area contributed by atoms with Crippen LogP contribution in [0.4, 0.5) is 5.95 Å². The lowest BCUT2D eigenvalue weighted by molar-refractivity contribution is 0.181. The molecule has 0 aromatic carbocycles. The van der Waals surface area contributed by atoms with E-state index in [9.17, 15) is 0 Å². The molecule has 0 aliphatic rings. The lowest BCUT2D eigenvalue weighted by Gasteiger charge is -2.04. The van der Waals surface area contributed by atoms with E-state index in [1.807, 2.05) is 6.92 Å². The number of nitrogens with zero attached hydrogens (tertiary/aromatic N) is 2. The number of halogens is 1. The molecule has 1 heterocycles. The molecule has 0 spiro atoms. The predicted molar refractivity (Wildman–Crippen MR) is 51.9 cm³/mol. The molecule has 4 nitrogen and oxygen atoms in total. The van der Waals surface area contributed by atoms with Gasteiger partial charge in [-0.3, -0.25) is 0 Å². The highest BCUT2D eigenvalue weighted by Gasteiger charge is 2.01. The Morgan fingerprint density at radius 2 is 2.31 bits per heavy atom. The Kier molecular flexibility index (Phi) is 3.92. The van der Waals surface area contributed by atoms with Crippen molar-refractivity contribution in [3.63, 3.8) is 0 Å². The SMILES string of the molecule is CCNc1nc(Cl)cc(COC)n1. The van der Waals surface area contributed by atoms with Gasteiger partial charge in [-0.25, -0.2) is 9.97 Å². The molecule has 0 radical (unpaired) electrons. The van der Waals surface area contributed by atoms with Crippen molar-refractivity contribution in [3.8, 4) is 0 Å². The monoisotopic (exact) mass is 201 g/mol. The summed E-state index contributed by atoms with van der Waals surface area (Å²) in [6.07, 6.45) is 0. The second-order valence-electron chi connectivity index (χ2n) is 2.47. The molecule has 5 heteroatoms. The van der Waals surface area contributed by atoms with E-state index in [1.165, 1.54) is 0 Å². The Bertz CT molecular complexity index is 256. The summed E-state index contributed by atoms with van der Waals surface area (Å²) in [5.41, 5.74) is 0.776. The Balaban J connectivity index is 2.83. The van der Waals surface area contributed by atoms with Crippen molar-refractivity contribution >= 4 is 17.5 Å².